The topological polar surface area (TPSA) is 35.5 Å². The Kier molecular flexibility index (Phi) is 5.67. The summed E-state index contributed by atoms with van der Waals surface area (Å²) in [5.74, 6) is 0. The first-order valence-electron chi connectivity index (χ1n) is 7.06. The number of halogens is 1. The van der Waals surface area contributed by atoms with Gasteiger partial charge in [0.05, 0.1) is 0 Å². The van der Waals surface area contributed by atoms with Crippen LogP contribution in [0.15, 0.2) is 22.7 Å². The van der Waals surface area contributed by atoms with Crippen molar-refractivity contribution in [3.8, 4) is 0 Å². The molecule has 1 saturated heterocycles. The van der Waals surface area contributed by atoms with Crippen LogP contribution >= 0.6 is 15.9 Å². The lowest BCUT2D eigenvalue weighted by molar-refractivity contribution is 0.279. The Balaban J connectivity index is 2.10. The van der Waals surface area contributed by atoms with Gasteiger partial charge in [0.1, 0.15) is 0 Å². The number of aliphatic hydroxyl groups is 1. The SMILES string of the molecule is CNCc1ccc(N2CCCC2CCCO)cc1Br. The van der Waals surface area contributed by atoms with E-state index in [4.69, 9.17) is 5.11 Å². The predicted octanol–water partition coefficient (Wildman–Crippen LogP) is 2.91. The average Bonchev–Trinajstić information content (AvgIpc) is 2.87. The molecule has 4 heteroatoms. The van der Waals surface area contributed by atoms with Gasteiger partial charge in [0.15, 0.2) is 0 Å². The third-order valence-corrected chi connectivity index (χ3v) is 4.55. The molecule has 0 radical (unpaired) electrons. The van der Waals surface area contributed by atoms with Gasteiger partial charge in [0.2, 0.25) is 0 Å². The Morgan fingerprint density at radius 2 is 2.32 bits per heavy atom. The number of rotatable bonds is 6. The van der Waals surface area contributed by atoms with Crippen LogP contribution < -0.4 is 10.2 Å². The highest BCUT2D eigenvalue weighted by Gasteiger charge is 2.24. The Morgan fingerprint density at radius 3 is 3.00 bits per heavy atom. The first-order chi connectivity index (χ1) is 9.26. The summed E-state index contributed by atoms with van der Waals surface area (Å²) in [5.41, 5.74) is 2.59. The summed E-state index contributed by atoms with van der Waals surface area (Å²) in [6.45, 7) is 2.32. The molecular weight excluding hydrogens is 304 g/mol. The van der Waals surface area contributed by atoms with Crippen molar-refractivity contribution in [2.24, 2.45) is 0 Å². The summed E-state index contributed by atoms with van der Waals surface area (Å²) in [6.07, 6.45) is 4.49. The number of anilines is 1. The van der Waals surface area contributed by atoms with Crippen LogP contribution in [0, 0.1) is 0 Å². The molecule has 1 aliphatic rings. The van der Waals surface area contributed by atoms with E-state index in [2.05, 4.69) is 44.3 Å². The molecule has 1 unspecified atom stereocenters. The van der Waals surface area contributed by atoms with Crippen molar-refractivity contribution in [2.45, 2.75) is 38.3 Å². The monoisotopic (exact) mass is 326 g/mol. The molecular formula is C15H23BrN2O. The van der Waals surface area contributed by atoms with Gasteiger partial charge in [-0.25, -0.2) is 0 Å². The van der Waals surface area contributed by atoms with Crippen molar-refractivity contribution in [2.75, 3.05) is 25.1 Å². The molecule has 0 saturated carbocycles. The lowest BCUT2D eigenvalue weighted by Crippen LogP contribution is -2.29. The van der Waals surface area contributed by atoms with Crippen molar-refractivity contribution in [3.05, 3.63) is 28.2 Å². The first-order valence-corrected chi connectivity index (χ1v) is 7.86. The summed E-state index contributed by atoms with van der Waals surface area (Å²) in [5, 5.41) is 12.2. The Bertz CT molecular complexity index is 411. The van der Waals surface area contributed by atoms with Crippen molar-refractivity contribution >= 4 is 21.6 Å². The second-order valence-corrected chi connectivity index (χ2v) is 6.02. The van der Waals surface area contributed by atoms with Gasteiger partial charge in [-0.05, 0) is 50.4 Å². The highest BCUT2D eigenvalue weighted by atomic mass is 79.9. The van der Waals surface area contributed by atoms with Crippen molar-refractivity contribution in [1.82, 2.24) is 5.32 Å². The summed E-state index contributed by atoms with van der Waals surface area (Å²) in [7, 11) is 1.96. The van der Waals surface area contributed by atoms with Crippen LogP contribution in [0.1, 0.15) is 31.2 Å². The fourth-order valence-electron chi connectivity index (χ4n) is 2.85. The minimum absolute atomic E-state index is 0.301. The molecule has 0 aliphatic carbocycles. The van der Waals surface area contributed by atoms with Gasteiger partial charge < -0.3 is 15.3 Å². The molecule has 0 amide bonds. The highest BCUT2D eigenvalue weighted by Crippen LogP contribution is 2.31. The molecule has 0 aromatic heterocycles. The largest absolute Gasteiger partial charge is 0.396 e. The molecule has 3 nitrogen and oxygen atoms in total. The quantitative estimate of drug-likeness (QED) is 0.843. The van der Waals surface area contributed by atoms with E-state index in [1.165, 1.54) is 28.6 Å². The maximum absolute atomic E-state index is 8.99. The number of benzene rings is 1. The summed E-state index contributed by atoms with van der Waals surface area (Å²) in [4.78, 5) is 2.49. The van der Waals surface area contributed by atoms with Gasteiger partial charge in [-0.2, -0.15) is 0 Å². The van der Waals surface area contributed by atoms with Crippen LogP contribution in [0.2, 0.25) is 0 Å². The maximum Gasteiger partial charge on any atom is 0.0431 e. The van der Waals surface area contributed by atoms with Crippen molar-refractivity contribution in [3.63, 3.8) is 0 Å². The van der Waals surface area contributed by atoms with Gasteiger partial charge in [-0.1, -0.05) is 22.0 Å². The Morgan fingerprint density at radius 1 is 1.47 bits per heavy atom. The fourth-order valence-corrected chi connectivity index (χ4v) is 3.36. The third kappa shape index (κ3) is 3.71. The Labute approximate surface area is 124 Å². The molecule has 1 aromatic rings. The average molecular weight is 327 g/mol. The third-order valence-electron chi connectivity index (χ3n) is 3.81. The van der Waals surface area contributed by atoms with E-state index in [1.54, 1.807) is 0 Å². The van der Waals surface area contributed by atoms with Gasteiger partial charge in [-0.15, -0.1) is 0 Å². The van der Waals surface area contributed by atoms with Crippen LogP contribution in [0.5, 0.6) is 0 Å². The predicted molar refractivity (Wildman–Crippen MR) is 83.6 cm³/mol. The molecule has 2 N–H and O–H groups in total. The smallest absolute Gasteiger partial charge is 0.0431 e. The van der Waals surface area contributed by atoms with Gasteiger partial charge in [-0.3, -0.25) is 0 Å². The van der Waals surface area contributed by atoms with Crippen LogP contribution in [0.4, 0.5) is 5.69 Å². The zero-order valence-electron chi connectivity index (χ0n) is 11.5. The van der Waals surface area contributed by atoms with Crippen LogP contribution in [0.25, 0.3) is 0 Å². The van der Waals surface area contributed by atoms with Crippen molar-refractivity contribution < 1.29 is 5.11 Å². The molecule has 2 rings (SSSR count). The number of aliphatic hydroxyl groups excluding tert-OH is 1. The summed E-state index contributed by atoms with van der Waals surface area (Å²) >= 11 is 3.66. The van der Waals surface area contributed by atoms with Gasteiger partial charge in [0.25, 0.3) is 0 Å². The number of hydrogen-bond acceptors (Lipinski definition) is 3. The highest BCUT2D eigenvalue weighted by molar-refractivity contribution is 9.10. The minimum Gasteiger partial charge on any atom is -0.396 e. The zero-order valence-corrected chi connectivity index (χ0v) is 13.1. The van der Waals surface area contributed by atoms with Crippen LogP contribution in [-0.2, 0) is 6.54 Å². The lowest BCUT2D eigenvalue weighted by atomic mass is 10.1. The Hall–Kier alpha value is -0.580. The number of hydrogen-bond donors (Lipinski definition) is 2. The molecule has 1 atom stereocenters. The second kappa shape index (κ2) is 7.27. The normalized spacial score (nSPS) is 19.1. The summed E-state index contributed by atoms with van der Waals surface area (Å²) in [6, 6.07) is 7.23. The minimum atomic E-state index is 0.301. The molecule has 0 bridgehead atoms. The molecule has 1 fully saturated rings. The summed E-state index contributed by atoms with van der Waals surface area (Å²) < 4.78 is 1.17. The fraction of sp³-hybridized carbons (Fsp3) is 0.600. The van der Waals surface area contributed by atoms with Gasteiger partial charge in [0, 0.05) is 35.9 Å². The van der Waals surface area contributed by atoms with E-state index in [0.717, 1.165) is 25.9 Å². The standard InChI is InChI=1S/C15H23BrN2O/c1-17-11-12-6-7-14(10-15(12)16)18-8-2-4-13(18)5-3-9-19/h6-7,10,13,17,19H,2-5,8-9,11H2,1H3. The molecule has 1 aliphatic heterocycles. The molecule has 1 heterocycles. The number of nitrogens with zero attached hydrogens (tertiary/aromatic N) is 1. The van der Waals surface area contributed by atoms with E-state index in [-0.39, 0.29) is 0 Å². The van der Waals surface area contributed by atoms with E-state index in [0.29, 0.717) is 12.6 Å². The molecule has 1 aromatic carbocycles. The van der Waals surface area contributed by atoms with Crippen LogP contribution in [0.3, 0.4) is 0 Å². The zero-order chi connectivity index (χ0) is 13.7. The van der Waals surface area contributed by atoms with E-state index in [9.17, 15) is 0 Å². The maximum atomic E-state index is 8.99. The molecule has 19 heavy (non-hydrogen) atoms. The van der Waals surface area contributed by atoms with Gasteiger partial charge >= 0.3 is 0 Å². The second-order valence-electron chi connectivity index (χ2n) is 5.16. The lowest BCUT2D eigenvalue weighted by Gasteiger charge is -2.27. The van der Waals surface area contributed by atoms with E-state index >= 15 is 0 Å². The molecule has 0 spiro atoms. The number of nitrogens with one attached hydrogen (secondary N) is 1. The van der Waals surface area contributed by atoms with Crippen LogP contribution in [-0.4, -0.2) is 31.3 Å². The molecule has 106 valence electrons. The first kappa shape index (κ1) is 14.8. The van der Waals surface area contributed by atoms with Crippen molar-refractivity contribution in [1.29, 1.82) is 0 Å². The van der Waals surface area contributed by atoms with E-state index < -0.39 is 0 Å². The van der Waals surface area contributed by atoms with E-state index in [1.807, 2.05) is 7.05 Å².